The fourth-order valence-electron chi connectivity index (χ4n) is 11.0. The van der Waals surface area contributed by atoms with Gasteiger partial charge in [-0.1, -0.05) is 236 Å². The molecule has 30 heteroatoms. The van der Waals surface area contributed by atoms with E-state index in [0.29, 0.717) is 36.2 Å². The average molecular weight is 1690 g/mol. The summed E-state index contributed by atoms with van der Waals surface area (Å²) in [5, 5.41) is 54.0. The lowest BCUT2D eigenvalue weighted by Gasteiger charge is -2.11. The maximum absolute atomic E-state index is 14.2. The number of aromatic nitrogens is 1. The Morgan fingerprint density at radius 1 is 0.398 bits per heavy atom. The van der Waals surface area contributed by atoms with E-state index in [0.717, 1.165) is 109 Å². The summed E-state index contributed by atoms with van der Waals surface area (Å²) in [7, 11) is -14.7. The van der Waals surface area contributed by atoms with E-state index in [4.69, 9.17) is 44.5 Å². The summed E-state index contributed by atoms with van der Waals surface area (Å²) in [4.78, 5) is 15.2. The molecule has 0 unspecified atom stereocenters. The number of hydrogen-bond donors (Lipinski definition) is 6. The SMILES string of the molecule is CCCCCCCCCCOc1ccc(-c2ccc(C(=O)O)cc2)cc1.CCCCCCCCOc1ccc(-c2ccc(B(O)O)c(F)c2F)cc1F.CCCCCCCCOc1ccc(-c2ccc(B(O)O)cn2)cc1.CCc1ccc(O)cc1.CCc1ccc(OS(=O)(=O)C(F)(F)F)cc1.CCc1ccc(OS(=O)(=O)C(F)(F)F)cc1. The van der Waals surface area contributed by atoms with Crippen molar-refractivity contribution >= 4 is 51.4 Å². The van der Waals surface area contributed by atoms with Gasteiger partial charge in [0.2, 0.25) is 0 Å². The van der Waals surface area contributed by atoms with E-state index in [2.05, 4.69) is 41.0 Å². The van der Waals surface area contributed by atoms with Crippen LogP contribution < -0.4 is 33.5 Å². The number of benzene rings is 8. The van der Waals surface area contributed by atoms with Gasteiger partial charge in [0.15, 0.2) is 23.2 Å². The van der Waals surface area contributed by atoms with Crippen molar-refractivity contribution in [2.75, 3.05) is 19.8 Å². The fourth-order valence-corrected chi connectivity index (χ4v) is 11.9. The molecule has 9 rings (SSSR count). The maximum Gasteiger partial charge on any atom is 0.534 e. The van der Waals surface area contributed by atoms with Crippen LogP contribution >= 0.6 is 0 Å². The minimum atomic E-state index is -5.57. The van der Waals surface area contributed by atoms with E-state index in [9.17, 15) is 61.1 Å². The van der Waals surface area contributed by atoms with Crippen LogP contribution in [0.2, 0.25) is 0 Å². The Kier molecular flexibility index (Phi) is 45.9. The first-order chi connectivity index (χ1) is 56.2. The number of aromatic carboxylic acids is 1. The highest BCUT2D eigenvalue weighted by Crippen LogP contribution is 2.32. The van der Waals surface area contributed by atoms with Crippen molar-refractivity contribution in [3.63, 3.8) is 0 Å². The van der Waals surface area contributed by atoms with Crippen LogP contribution in [0.1, 0.15) is 197 Å². The Hall–Kier alpha value is -9.58. The number of unbranched alkanes of at least 4 members (excludes halogenated alkanes) is 17. The summed E-state index contributed by atoms with van der Waals surface area (Å²) in [6, 6.07) is 50.3. The quantitative estimate of drug-likeness (QED) is 0.00687. The standard InChI is InChI=1S/C23H30O3.C20H24BF3O3.C19H26BNO3.2C9H9F3O3S.C8H10O/c1-2-3-4-5-6-7-8-9-18-26-22-16-14-20(15-17-22)19-10-12-21(13-11-19)23(24)25;1-2-3-4-5-6-7-12-27-18-11-8-14(13-17(18)22)15-9-10-16(21(25)26)20(24)19(15)23;1-2-3-4-5-6-7-14-24-18-11-8-16(9-12-18)19-13-10-17(15-21-19)20(22)23;2*1-2-7-3-5-8(6-4-7)15-16(13,14)9(10,11)12;1-2-7-3-5-8(9)6-4-7/h10-17H,2-9,18H2,1H3,(H,24,25);8-11,13,25-26H,2-7,12H2,1H3;8-13,15,22-23H,2-7,14H2,1H3;2*3-6H,2H2,1H3;3-6,9H,2H2,1H3. The van der Waals surface area contributed by atoms with Crippen LogP contribution in [0, 0.1) is 17.5 Å². The minimum Gasteiger partial charge on any atom is -0.508 e. The van der Waals surface area contributed by atoms with Crippen molar-refractivity contribution in [3.05, 3.63) is 234 Å². The third-order valence-electron chi connectivity index (χ3n) is 18.0. The van der Waals surface area contributed by atoms with Gasteiger partial charge < -0.3 is 52.9 Å². The normalized spacial score (nSPS) is 11.1. The lowest BCUT2D eigenvalue weighted by atomic mass is 9.79. The second-order valence-corrected chi connectivity index (χ2v) is 30.2. The number of ether oxygens (including phenoxy) is 3. The number of carboxylic acid groups (broad SMARTS) is 1. The zero-order chi connectivity index (χ0) is 87.1. The fraction of sp³-hybridized carbons (Fsp3) is 0.386. The maximum atomic E-state index is 14.2. The molecule has 0 saturated carbocycles. The number of hydrogen-bond acceptors (Lipinski definition) is 16. The third-order valence-corrected chi connectivity index (χ3v) is 19.9. The van der Waals surface area contributed by atoms with E-state index in [-0.39, 0.29) is 28.4 Å². The van der Waals surface area contributed by atoms with Crippen molar-refractivity contribution in [2.45, 2.75) is 200 Å². The highest BCUT2D eigenvalue weighted by molar-refractivity contribution is 7.88. The first-order valence-corrected chi connectivity index (χ1v) is 42.4. The van der Waals surface area contributed by atoms with Gasteiger partial charge >= 0.3 is 51.5 Å². The molecular formula is C88H108B2F9NO16S2. The summed E-state index contributed by atoms with van der Waals surface area (Å²) >= 11 is 0. The number of carbonyl (C=O) groups is 1. The van der Waals surface area contributed by atoms with Crippen LogP contribution in [0.15, 0.2) is 194 Å². The van der Waals surface area contributed by atoms with Crippen LogP contribution in [0.5, 0.6) is 34.5 Å². The van der Waals surface area contributed by atoms with Crippen LogP contribution in [-0.2, 0) is 39.5 Å². The van der Waals surface area contributed by atoms with Crippen molar-refractivity contribution in [2.24, 2.45) is 0 Å². The number of carboxylic acids is 1. The van der Waals surface area contributed by atoms with Crippen LogP contribution in [0.3, 0.4) is 0 Å². The molecule has 118 heavy (non-hydrogen) atoms. The molecule has 9 aromatic rings. The van der Waals surface area contributed by atoms with E-state index < -0.39 is 74.4 Å². The highest BCUT2D eigenvalue weighted by atomic mass is 32.2. The van der Waals surface area contributed by atoms with Gasteiger partial charge in [0.05, 0.1) is 31.1 Å². The number of nitrogens with zero attached hydrogens (tertiary/aromatic N) is 1. The molecule has 0 aliphatic heterocycles. The molecule has 0 aliphatic carbocycles. The van der Waals surface area contributed by atoms with Gasteiger partial charge in [-0.15, -0.1) is 0 Å². The molecular weight excluding hydrogens is 1580 g/mol. The Labute approximate surface area is 688 Å². The van der Waals surface area contributed by atoms with E-state index >= 15 is 0 Å². The van der Waals surface area contributed by atoms with Gasteiger partial charge in [-0.05, 0) is 175 Å². The monoisotopic (exact) mass is 1690 g/mol. The molecule has 0 fully saturated rings. The summed E-state index contributed by atoms with van der Waals surface area (Å²) in [5.74, 6) is -2.74. The zero-order valence-electron chi connectivity index (χ0n) is 67.4. The van der Waals surface area contributed by atoms with Gasteiger partial charge in [-0.25, -0.2) is 18.0 Å². The lowest BCUT2D eigenvalue weighted by Crippen LogP contribution is -2.33. The summed E-state index contributed by atoms with van der Waals surface area (Å²) < 4.78 is 181. The number of phenolic OH excluding ortho intramolecular Hbond substituents is 1. The van der Waals surface area contributed by atoms with Crippen molar-refractivity contribution < 1.29 is 114 Å². The lowest BCUT2D eigenvalue weighted by molar-refractivity contribution is -0.0504. The molecule has 642 valence electrons. The highest BCUT2D eigenvalue weighted by Gasteiger charge is 2.49. The van der Waals surface area contributed by atoms with E-state index in [1.54, 1.807) is 36.4 Å². The summed E-state index contributed by atoms with van der Waals surface area (Å²) in [5.41, 5.74) is -3.90. The molecule has 17 nitrogen and oxygen atoms in total. The molecule has 0 amide bonds. The molecule has 6 N–H and O–H groups in total. The first kappa shape index (κ1) is 101. The van der Waals surface area contributed by atoms with Gasteiger partial charge in [-0.3, -0.25) is 4.98 Å². The predicted molar refractivity (Wildman–Crippen MR) is 446 cm³/mol. The number of phenols is 1. The number of alkyl halides is 6. The second kappa shape index (κ2) is 53.8. The number of halogens is 9. The largest absolute Gasteiger partial charge is 0.534 e. The Bertz CT molecular complexity index is 4450. The minimum absolute atomic E-state index is 0.0654. The molecule has 1 heterocycles. The Morgan fingerprint density at radius 2 is 0.763 bits per heavy atom. The molecule has 8 aromatic carbocycles. The molecule has 1 aromatic heterocycles. The van der Waals surface area contributed by atoms with Crippen LogP contribution in [0.4, 0.5) is 39.5 Å². The Balaban J connectivity index is 0.000000306. The number of pyridine rings is 1. The Morgan fingerprint density at radius 3 is 1.12 bits per heavy atom. The van der Waals surface area contributed by atoms with Crippen molar-refractivity contribution in [1.82, 2.24) is 4.98 Å². The topological polar surface area (TPSA) is 266 Å². The van der Waals surface area contributed by atoms with Crippen LogP contribution in [-0.4, -0.2) is 103 Å². The van der Waals surface area contributed by atoms with E-state index in [1.165, 1.54) is 175 Å². The molecule has 0 atom stereocenters. The summed E-state index contributed by atoms with van der Waals surface area (Å²) in [6.07, 6.45) is 28.4. The van der Waals surface area contributed by atoms with Gasteiger partial charge in [0, 0.05) is 28.2 Å². The average Bonchev–Trinajstić information content (AvgIpc) is 0.792. The molecule has 0 spiro atoms. The first-order valence-electron chi connectivity index (χ1n) is 39.6. The molecule has 0 bridgehead atoms. The number of aromatic hydroxyl groups is 1. The predicted octanol–water partition coefficient (Wildman–Crippen LogP) is 20.8. The number of rotatable bonds is 39. The summed E-state index contributed by atoms with van der Waals surface area (Å²) in [6.45, 7) is 14.4. The van der Waals surface area contributed by atoms with Crippen LogP contribution in [0.25, 0.3) is 33.5 Å². The van der Waals surface area contributed by atoms with Crippen molar-refractivity contribution in [3.8, 4) is 68.0 Å². The van der Waals surface area contributed by atoms with Gasteiger partial charge in [-0.2, -0.15) is 43.2 Å². The molecule has 0 radical (unpaired) electrons. The second-order valence-electron chi connectivity index (χ2n) is 27.2. The molecule has 0 saturated heterocycles. The molecule has 0 aliphatic rings. The van der Waals surface area contributed by atoms with Gasteiger partial charge in [0.1, 0.15) is 28.7 Å². The van der Waals surface area contributed by atoms with Gasteiger partial charge in [0.25, 0.3) is 0 Å². The number of aryl methyl sites for hydroxylation is 3. The smallest absolute Gasteiger partial charge is 0.508 e. The third kappa shape index (κ3) is 37.6. The zero-order valence-corrected chi connectivity index (χ0v) is 69.1. The van der Waals surface area contributed by atoms with Crippen molar-refractivity contribution in [1.29, 1.82) is 0 Å². The van der Waals surface area contributed by atoms with E-state index in [1.807, 2.05) is 86.6 Å².